The summed E-state index contributed by atoms with van der Waals surface area (Å²) in [6, 6.07) is 9.72. The average Bonchev–Trinajstić information content (AvgIpc) is 3.07. The van der Waals surface area contributed by atoms with Crippen LogP contribution in [-0.2, 0) is 6.42 Å². The van der Waals surface area contributed by atoms with Gasteiger partial charge in [-0.05, 0) is 36.2 Å². The summed E-state index contributed by atoms with van der Waals surface area (Å²) in [7, 11) is 2.99. The molecule has 1 aliphatic rings. The van der Waals surface area contributed by atoms with E-state index in [1.165, 1.54) is 38.5 Å². The number of hydrogen-bond donors (Lipinski definition) is 2. The van der Waals surface area contributed by atoms with E-state index < -0.39 is 18.1 Å². The van der Waals surface area contributed by atoms with Crippen LogP contribution in [0.15, 0.2) is 42.5 Å². The molecular weight excluding hydrogens is 393 g/mol. The highest BCUT2D eigenvalue weighted by molar-refractivity contribution is 5.74. The van der Waals surface area contributed by atoms with Crippen molar-refractivity contribution in [2.24, 2.45) is 0 Å². The topological polar surface area (TPSA) is 78.1 Å². The molecule has 0 aromatic heterocycles. The minimum atomic E-state index is -5.01. The van der Waals surface area contributed by atoms with Crippen LogP contribution in [0.3, 0.4) is 0 Å². The lowest BCUT2D eigenvalue weighted by Gasteiger charge is -2.29. The number of nitrogens with one attached hydrogen (secondary N) is 2. The van der Waals surface area contributed by atoms with Crippen LogP contribution in [0.4, 0.5) is 18.0 Å². The summed E-state index contributed by atoms with van der Waals surface area (Å²) < 4.78 is 60.8. The van der Waals surface area contributed by atoms with E-state index in [-0.39, 0.29) is 18.0 Å². The van der Waals surface area contributed by atoms with Crippen LogP contribution in [0.5, 0.6) is 23.0 Å². The summed E-state index contributed by atoms with van der Waals surface area (Å²) in [5, 5.41) is 4.11. The maximum absolute atomic E-state index is 13.6. The summed E-state index contributed by atoms with van der Waals surface area (Å²) in [5.41, 5.74) is 0.800. The Morgan fingerprint density at radius 3 is 2.21 bits per heavy atom. The standard InChI is InChI=1S/C19H19F3N2O5/c1-26-13-8-7-12(11-16(13)27-2)9-10-23-17(25)24-19(18(20,21)22)28-14-5-3-4-6-15(14)29-19/h3-8,11H,9-10H2,1-2H3,(H2,23,24,25). The molecule has 1 aliphatic heterocycles. The highest BCUT2D eigenvalue weighted by atomic mass is 19.4. The van der Waals surface area contributed by atoms with Gasteiger partial charge in [0.1, 0.15) is 0 Å². The van der Waals surface area contributed by atoms with E-state index in [0.717, 1.165) is 5.56 Å². The Morgan fingerprint density at radius 2 is 1.66 bits per heavy atom. The van der Waals surface area contributed by atoms with Crippen molar-refractivity contribution in [2.75, 3.05) is 20.8 Å². The molecule has 0 bridgehead atoms. The first-order chi connectivity index (χ1) is 13.8. The van der Waals surface area contributed by atoms with Gasteiger partial charge in [-0.3, -0.25) is 5.32 Å². The normalized spacial score (nSPS) is 14.2. The van der Waals surface area contributed by atoms with E-state index >= 15 is 0 Å². The van der Waals surface area contributed by atoms with Gasteiger partial charge in [0.2, 0.25) is 0 Å². The zero-order chi connectivity index (χ0) is 21.1. The molecule has 0 saturated carbocycles. The second-order valence-electron chi connectivity index (χ2n) is 6.09. The van der Waals surface area contributed by atoms with Gasteiger partial charge in [-0.25, -0.2) is 4.79 Å². The van der Waals surface area contributed by atoms with Crippen LogP contribution in [-0.4, -0.2) is 38.9 Å². The van der Waals surface area contributed by atoms with Gasteiger partial charge in [0, 0.05) is 6.54 Å². The lowest BCUT2D eigenvalue weighted by molar-refractivity contribution is -0.317. The van der Waals surface area contributed by atoms with Crippen molar-refractivity contribution in [3.63, 3.8) is 0 Å². The van der Waals surface area contributed by atoms with Gasteiger partial charge in [0.05, 0.1) is 14.2 Å². The Kier molecular flexibility index (Phi) is 5.62. The molecule has 0 fully saturated rings. The molecule has 2 amide bonds. The third-order valence-electron chi connectivity index (χ3n) is 4.16. The molecule has 2 aromatic carbocycles. The molecule has 0 unspecified atom stereocenters. The summed E-state index contributed by atoms with van der Waals surface area (Å²) in [6.07, 6.45) is -4.65. The number of carbonyl (C=O) groups excluding carboxylic acids is 1. The van der Waals surface area contributed by atoms with E-state index in [2.05, 4.69) is 5.32 Å². The smallest absolute Gasteiger partial charge is 0.492 e. The number of fused-ring (bicyclic) bond motifs is 1. The predicted octanol–water partition coefficient (Wildman–Crippen LogP) is 3.23. The van der Waals surface area contributed by atoms with Gasteiger partial charge in [-0.15, -0.1) is 0 Å². The van der Waals surface area contributed by atoms with E-state index in [0.29, 0.717) is 17.9 Å². The third kappa shape index (κ3) is 4.25. The van der Waals surface area contributed by atoms with Gasteiger partial charge in [0.15, 0.2) is 23.0 Å². The van der Waals surface area contributed by atoms with Crippen LogP contribution in [0.2, 0.25) is 0 Å². The van der Waals surface area contributed by atoms with Crippen molar-refractivity contribution in [2.45, 2.75) is 18.5 Å². The van der Waals surface area contributed by atoms with Crippen LogP contribution >= 0.6 is 0 Å². The van der Waals surface area contributed by atoms with Gasteiger partial charge >= 0.3 is 18.1 Å². The molecule has 7 nitrogen and oxygen atoms in total. The zero-order valence-corrected chi connectivity index (χ0v) is 15.6. The fourth-order valence-corrected chi connectivity index (χ4v) is 2.74. The monoisotopic (exact) mass is 412 g/mol. The van der Waals surface area contributed by atoms with Crippen molar-refractivity contribution >= 4 is 6.03 Å². The molecule has 0 spiro atoms. The Balaban J connectivity index is 1.61. The van der Waals surface area contributed by atoms with Crippen molar-refractivity contribution in [1.82, 2.24) is 10.6 Å². The van der Waals surface area contributed by atoms with Gasteiger partial charge in [-0.2, -0.15) is 13.2 Å². The van der Waals surface area contributed by atoms with Crippen LogP contribution in [0.25, 0.3) is 0 Å². The van der Waals surface area contributed by atoms with E-state index in [1.54, 1.807) is 23.5 Å². The van der Waals surface area contributed by atoms with Gasteiger partial charge < -0.3 is 24.3 Å². The largest absolute Gasteiger partial charge is 0.493 e. The number of ether oxygens (including phenoxy) is 4. The molecule has 10 heteroatoms. The third-order valence-corrected chi connectivity index (χ3v) is 4.16. The number of halogens is 3. The number of urea groups is 1. The predicted molar refractivity (Wildman–Crippen MR) is 96.3 cm³/mol. The molecule has 0 saturated heterocycles. The van der Waals surface area contributed by atoms with Crippen LogP contribution in [0.1, 0.15) is 5.56 Å². The first kappa shape index (κ1) is 20.4. The first-order valence-electron chi connectivity index (χ1n) is 8.58. The minimum Gasteiger partial charge on any atom is -0.493 e. The fourth-order valence-electron chi connectivity index (χ4n) is 2.74. The maximum atomic E-state index is 13.6. The number of rotatable bonds is 6. The second-order valence-corrected chi connectivity index (χ2v) is 6.09. The van der Waals surface area contributed by atoms with Crippen molar-refractivity contribution in [3.8, 4) is 23.0 Å². The average molecular weight is 412 g/mol. The molecule has 29 heavy (non-hydrogen) atoms. The second kappa shape index (κ2) is 7.98. The van der Waals surface area contributed by atoms with Gasteiger partial charge in [-0.1, -0.05) is 18.2 Å². The highest BCUT2D eigenvalue weighted by Crippen LogP contribution is 2.44. The number of benzene rings is 2. The molecule has 2 N–H and O–H groups in total. The number of amides is 2. The maximum Gasteiger partial charge on any atom is 0.492 e. The molecule has 1 heterocycles. The van der Waals surface area contributed by atoms with Crippen molar-refractivity contribution in [1.29, 1.82) is 0 Å². The highest BCUT2D eigenvalue weighted by Gasteiger charge is 2.65. The molecular formula is C19H19F3N2O5. The lowest BCUT2D eigenvalue weighted by Crippen LogP contribution is -2.66. The Bertz CT molecular complexity index is 863. The Morgan fingerprint density at radius 1 is 1.03 bits per heavy atom. The van der Waals surface area contributed by atoms with Crippen LogP contribution < -0.4 is 29.6 Å². The van der Waals surface area contributed by atoms with E-state index in [1.807, 2.05) is 0 Å². The number of hydrogen-bond acceptors (Lipinski definition) is 5. The molecule has 156 valence electrons. The summed E-state index contributed by atoms with van der Waals surface area (Å²) >= 11 is 0. The molecule has 2 aromatic rings. The zero-order valence-electron chi connectivity index (χ0n) is 15.6. The quantitative estimate of drug-likeness (QED) is 0.762. The first-order valence-corrected chi connectivity index (χ1v) is 8.58. The number of alkyl halides is 3. The number of para-hydroxylation sites is 2. The molecule has 3 rings (SSSR count). The van der Waals surface area contributed by atoms with Crippen LogP contribution in [0, 0.1) is 0 Å². The number of methoxy groups -OCH3 is 2. The molecule has 0 atom stereocenters. The molecule has 0 radical (unpaired) electrons. The minimum absolute atomic E-state index is 0.0716. The lowest BCUT2D eigenvalue weighted by atomic mass is 10.1. The fraction of sp³-hybridized carbons (Fsp3) is 0.316. The molecule has 0 aliphatic carbocycles. The summed E-state index contributed by atoms with van der Waals surface area (Å²) in [6.45, 7) is 0.0716. The SMILES string of the molecule is COc1ccc(CCNC(=O)NC2(C(F)(F)F)Oc3ccccc3O2)cc1OC. The Labute approximate surface area is 164 Å². The van der Waals surface area contributed by atoms with E-state index in [9.17, 15) is 18.0 Å². The summed E-state index contributed by atoms with van der Waals surface area (Å²) in [4.78, 5) is 12.1. The van der Waals surface area contributed by atoms with Crippen molar-refractivity contribution < 1.29 is 36.9 Å². The number of carbonyl (C=O) groups is 1. The van der Waals surface area contributed by atoms with Gasteiger partial charge in [0.25, 0.3) is 0 Å². The van der Waals surface area contributed by atoms with E-state index in [4.69, 9.17) is 18.9 Å². The Hall–Kier alpha value is -3.30. The van der Waals surface area contributed by atoms with Crippen molar-refractivity contribution in [3.05, 3.63) is 48.0 Å². The summed E-state index contributed by atoms with van der Waals surface area (Å²) in [5.74, 6) is -2.46.